The number of hydrogen-bond acceptors (Lipinski definition) is 4. The number of ketones is 1. The molecular weight excluding hydrogens is 973 g/mol. The SMILES string of the molecule is CCC(C)(CC)C(=O)/C=C(\O)C(C)(CC)CC.Cc1cc(C)c(-c2sc3c(-c4[c-]c5ccccc5c(C(C)(C)C)c4)ncc(C(C(F)(F)F)C(F)(F)F)c3c2C)c(C)c1.[Ir]. The largest absolute Gasteiger partial charge is 0.512 e. The second-order valence-electron chi connectivity index (χ2n) is 17.4. The van der Waals surface area contributed by atoms with Gasteiger partial charge in [-0.3, -0.25) is 9.78 Å². The van der Waals surface area contributed by atoms with Crippen LogP contribution in [0.1, 0.15) is 127 Å². The summed E-state index contributed by atoms with van der Waals surface area (Å²) in [4.78, 5) is 17.2. The van der Waals surface area contributed by atoms with Crippen molar-refractivity contribution in [1.82, 2.24) is 4.98 Å². The first-order chi connectivity index (χ1) is 27.2. The number of halogens is 6. The average molecular weight is 1030 g/mol. The zero-order valence-corrected chi connectivity index (χ0v) is 40.1. The summed E-state index contributed by atoms with van der Waals surface area (Å²) in [6, 6.07) is 16.9. The molecule has 0 fully saturated rings. The number of aliphatic hydroxyl groups excluding tert-OH is 1. The first kappa shape index (κ1) is 50.8. The summed E-state index contributed by atoms with van der Waals surface area (Å²) < 4.78 is 84.9. The molecule has 0 aliphatic rings. The summed E-state index contributed by atoms with van der Waals surface area (Å²) in [6.45, 7) is 25.6. The number of allylic oxidation sites excluding steroid dienone is 2. The third-order valence-corrected chi connectivity index (χ3v) is 13.6. The number of pyridine rings is 1. The Kier molecular flexibility index (Phi) is 16.0. The van der Waals surface area contributed by atoms with Gasteiger partial charge in [-0.25, -0.2) is 0 Å². The van der Waals surface area contributed by atoms with Crippen molar-refractivity contribution in [2.24, 2.45) is 10.8 Å². The van der Waals surface area contributed by atoms with E-state index in [1.54, 1.807) is 6.92 Å². The number of alkyl halides is 6. The molecule has 0 spiro atoms. The van der Waals surface area contributed by atoms with Crippen molar-refractivity contribution in [3.8, 4) is 21.7 Å². The average Bonchev–Trinajstić information content (AvgIpc) is 3.48. The van der Waals surface area contributed by atoms with Crippen molar-refractivity contribution in [3.63, 3.8) is 0 Å². The van der Waals surface area contributed by atoms with Gasteiger partial charge in [-0.2, -0.15) is 26.3 Å². The van der Waals surface area contributed by atoms with E-state index in [4.69, 9.17) is 0 Å². The molecule has 0 saturated heterocycles. The smallest absolute Gasteiger partial charge is 0.404 e. The molecule has 5 aromatic rings. The van der Waals surface area contributed by atoms with Crippen LogP contribution in [0.3, 0.4) is 0 Å². The van der Waals surface area contributed by atoms with Crippen LogP contribution >= 0.6 is 11.3 Å². The Morgan fingerprint density at radius 2 is 1.33 bits per heavy atom. The maximum absolute atomic E-state index is 14.1. The summed E-state index contributed by atoms with van der Waals surface area (Å²) in [5, 5.41) is 11.8. The number of aryl methyl sites for hydroxylation is 4. The molecule has 3 nitrogen and oxygen atoms in total. The maximum Gasteiger partial charge on any atom is 0.404 e. The number of hydrogen-bond donors (Lipinski definition) is 1. The standard InChI is InChI=1S/C34H30F6NS.C15H28O2.Ir/c1-17-12-18(2)26(19(3)13-17)29-20(4)27-24(31(33(35,36)37)34(38,39)40)16-41-28(30(27)42-29)22-14-21-10-8-9-11-23(21)25(15-22)32(5,6)7;1-7-14(5,8-2)12(16)11-13(17)15(6,9-3)10-4;/h8-13,15-16,31H,1-7H3;11,16H,7-10H2,1-6H3;/q-1;;/b;12-11-;. The van der Waals surface area contributed by atoms with Gasteiger partial charge in [0.05, 0.1) is 0 Å². The first-order valence-corrected chi connectivity index (χ1v) is 21.1. The minimum Gasteiger partial charge on any atom is -0.512 e. The van der Waals surface area contributed by atoms with Crippen LogP contribution < -0.4 is 0 Å². The maximum atomic E-state index is 14.1. The molecule has 11 heteroatoms. The van der Waals surface area contributed by atoms with Gasteiger partial charge >= 0.3 is 12.4 Å². The Morgan fingerprint density at radius 1 is 0.817 bits per heavy atom. The van der Waals surface area contributed by atoms with E-state index in [0.717, 1.165) is 70.5 Å². The Labute approximate surface area is 369 Å². The number of thiophene rings is 1. The molecule has 0 saturated carbocycles. The van der Waals surface area contributed by atoms with Crippen molar-refractivity contribution < 1.29 is 56.3 Å². The molecule has 0 aliphatic carbocycles. The van der Waals surface area contributed by atoms with Gasteiger partial charge in [0.2, 0.25) is 0 Å². The predicted octanol–water partition coefficient (Wildman–Crippen LogP) is 16.0. The monoisotopic (exact) mass is 1030 g/mol. The molecule has 1 radical (unpaired) electrons. The Hall–Kier alpha value is -3.53. The van der Waals surface area contributed by atoms with E-state index in [9.17, 15) is 36.2 Å². The Morgan fingerprint density at radius 3 is 1.82 bits per heavy atom. The van der Waals surface area contributed by atoms with E-state index in [1.807, 2.05) is 105 Å². The summed E-state index contributed by atoms with van der Waals surface area (Å²) in [5.74, 6) is -3.38. The number of aromatic nitrogens is 1. The van der Waals surface area contributed by atoms with Crippen LogP contribution in [0.25, 0.3) is 42.6 Å². The molecule has 329 valence electrons. The van der Waals surface area contributed by atoms with Gasteiger partial charge in [-0.1, -0.05) is 109 Å². The van der Waals surface area contributed by atoms with E-state index in [2.05, 4.69) is 31.8 Å². The van der Waals surface area contributed by atoms with Crippen LogP contribution in [0.5, 0.6) is 0 Å². The van der Waals surface area contributed by atoms with Gasteiger partial charge in [0.15, 0.2) is 11.7 Å². The van der Waals surface area contributed by atoms with Gasteiger partial charge in [0.25, 0.3) is 0 Å². The minimum atomic E-state index is -5.55. The van der Waals surface area contributed by atoms with Crippen LogP contribution in [-0.4, -0.2) is 28.2 Å². The third-order valence-electron chi connectivity index (χ3n) is 12.3. The molecule has 5 rings (SSSR count). The van der Waals surface area contributed by atoms with Gasteiger partial charge in [-0.05, 0) is 92.0 Å². The predicted molar refractivity (Wildman–Crippen MR) is 232 cm³/mol. The first-order valence-electron chi connectivity index (χ1n) is 20.2. The van der Waals surface area contributed by atoms with Crippen LogP contribution in [0.2, 0.25) is 0 Å². The molecule has 2 heterocycles. The molecule has 0 atom stereocenters. The molecule has 1 N–H and O–H groups in total. The normalized spacial score (nSPS) is 13.1. The second-order valence-corrected chi connectivity index (χ2v) is 18.5. The number of benzene rings is 3. The van der Waals surface area contributed by atoms with Gasteiger partial charge in [-0.15, -0.1) is 40.5 Å². The van der Waals surface area contributed by atoms with E-state index < -0.39 is 23.8 Å². The van der Waals surface area contributed by atoms with Crippen molar-refractivity contribution in [2.45, 2.75) is 139 Å². The number of carbonyl (C=O) groups is 1. The fourth-order valence-electron chi connectivity index (χ4n) is 7.67. The third kappa shape index (κ3) is 10.4. The van der Waals surface area contributed by atoms with Gasteiger partial charge in [0, 0.05) is 58.5 Å². The number of aliphatic hydroxyl groups is 1. The van der Waals surface area contributed by atoms with Crippen LogP contribution in [0.4, 0.5) is 26.3 Å². The minimum absolute atomic E-state index is 0. The van der Waals surface area contributed by atoms with Crippen molar-refractivity contribution >= 4 is 38.0 Å². The van der Waals surface area contributed by atoms with Crippen LogP contribution in [0.15, 0.2) is 60.5 Å². The van der Waals surface area contributed by atoms with Crippen molar-refractivity contribution in [2.75, 3.05) is 0 Å². The number of fused-ring (bicyclic) bond motifs is 2. The van der Waals surface area contributed by atoms with Crippen molar-refractivity contribution in [3.05, 3.63) is 99.9 Å². The van der Waals surface area contributed by atoms with E-state index in [-0.39, 0.29) is 58.0 Å². The molecule has 3 aromatic carbocycles. The molecular formula is C49H58F6IrNO2S-. The fraction of sp³-hybridized carbons (Fsp3) is 0.469. The van der Waals surface area contributed by atoms with Crippen molar-refractivity contribution in [1.29, 1.82) is 0 Å². The van der Waals surface area contributed by atoms with Gasteiger partial charge in [0.1, 0.15) is 5.76 Å². The Balaban J connectivity index is 0.000000454. The van der Waals surface area contributed by atoms with Crippen LogP contribution in [0, 0.1) is 44.6 Å². The quantitative estimate of drug-likeness (QED) is 0.0656. The van der Waals surface area contributed by atoms with Gasteiger partial charge < -0.3 is 5.11 Å². The van der Waals surface area contributed by atoms with E-state index in [1.165, 1.54) is 17.4 Å². The topological polar surface area (TPSA) is 50.2 Å². The zero-order valence-electron chi connectivity index (χ0n) is 36.9. The molecule has 2 aromatic heterocycles. The fourth-order valence-corrected chi connectivity index (χ4v) is 9.19. The number of rotatable bonds is 10. The summed E-state index contributed by atoms with van der Waals surface area (Å²) in [5.41, 5.74) is 4.03. The summed E-state index contributed by atoms with van der Waals surface area (Å²) >= 11 is 1.19. The second kappa shape index (κ2) is 18.8. The molecule has 0 amide bonds. The molecule has 0 unspecified atom stereocenters. The van der Waals surface area contributed by atoms with E-state index >= 15 is 0 Å². The Bertz CT molecular complexity index is 2320. The van der Waals surface area contributed by atoms with E-state index in [0.29, 0.717) is 21.7 Å². The zero-order chi connectivity index (χ0) is 44.6. The molecule has 0 aliphatic heterocycles. The number of carbonyl (C=O) groups excluding carboxylic acids is 1. The summed E-state index contributed by atoms with van der Waals surface area (Å²) in [7, 11) is 0. The number of nitrogens with zero attached hydrogens (tertiary/aromatic N) is 1. The van der Waals surface area contributed by atoms with Crippen LogP contribution in [-0.2, 0) is 30.3 Å². The summed E-state index contributed by atoms with van der Waals surface area (Å²) in [6.07, 6.45) is -5.58. The molecule has 0 bridgehead atoms. The molecule has 60 heavy (non-hydrogen) atoms.